The van der Waals surface area contributed by atoms with Gasteiger partial charge in [0.1, 0.15) is 5.82 Å². The Balaban J connectivity index is 2.16. The number of hydrogen-bond acceptors (Lipinski definition) is 2. The molecule has 0 N–H and O–H groups in total. The summed E-state index contributed by atoms with van der Waals surface area (Å²) in [7, 11) is 0. The van der Waals surface area contributed by atoms with Crippen LogP contribution in [0.1, 0.15) is 28.3 Å². The number of carbonyl (C=O) groups is 1. The van der Waals surface area contributed by atoms with Crippen LogP contribution in [0.15, 0.2) is 54.6 Å². The van der Waals surface area contributed by atoms with E-state index < -0.39 is 11.7 Å². The second-order valence-corrected chi connectivity index (χ2v) is 4.23. The number of nitrogens with zero attached hydrogens (tertiary/aromatic N) is 1. The molecule has 1 atom stereocenters. The number of rotatable bonds is 4. The highest BCUT2D eigenvalue weighted by atomic mass is 19.1. The molecule has 2 aromatic rings. The van der Waals surface area contributed by atoms with Gasteiger partial charge >= 0.3 is 0 Å². The Morgan fingerprint density at radius 3 is 2.53 bits per heavy atom. The fraction of sp³-hybridized carbons (Fsp3) is 0.125. The van der Waals surface area contributed by atoms with Gasteiger partial charge in [-0.2, -0.15) is 5.26 Å². The minimum Gasteiger partial charge on any atom is -0.294 e. The van der Waals surface area contributed by atoms with Crippen LogP contribution in [-0.2, 0) is 0 Å². The summed E-state index contributed by atoms with van der Waals surface area (Å²) in [6.07, 6.45) is 0.0595. The van der Waals surface area contributed by atoms with E-state index in [1.807, 2.05) is 30.3 Å². The first-order chi connectivity index (χ1) is 9.20. The molecule has 0 saturated heterocycles. The fourth-order valence-electron chi connectivity index (χ4n) is 1.89. The van der Waals surface area contributed by atoms with Gasteiger partial charge in [0, 0.05) is 12.0 Å². The van der Waals surface area contributed by atoms with Crippen LogP contribution in [0.5, 0.6) is 0 Å². The van der Waals surface area contributed by atoms with E-state index >= 15 is 0 Å². The fourth-order valence-corrected chi connectivity index (χ4v) is 1.89. The Hall–Kier alpha value is -2.47. The number of carbonyl (C=O) groups excluding carboxylic acids is 1. The summed E-state index contributed by atoms with van der Waals surface area (Å²) in [6, 6.07) is 16.8. The van der Waals surface area contributed by atoms with Gasteiger partial charge in [-0.1, -0.05) is 42.5 Å². The molecule has 2 rings (SSSR count). The molecular weight excluding hydrogens is 241 g/mol. The molecule has 94 valence electrons. The van der Waals surface area contributed by atoms with Crippen LogP contribution >= 0.6 is 0 Å². The highest BCUT2D eigenvalue weighted by Gasteiger charge is 2.16. The number of halogens is 1. The van der Waals surface area contributed by atoms with Crippen LogP contribution in [-0.4, -0.2) is 5.78 Å². The number of ketones is 1. The standard InChI is InChI=1S/C16H12FNO/c17-15-8-4-7-13(9-15)16(19)10-14(11-18)12-5-2-1-3-6-12/h1-9,14H,10H2. The second-order valence-electron chi connectivity index (χ2n) is 4.23. The Labute approximate surface area is 111 Å². The summed E-state index contributed by atoms with van der Waals surface area (Å²) in [5.74, 6) is -1.18. The Kier molecular flexibility index (Phi) is 4.04. The van der Waals surface area contributed by atoms with Gasteiger partial charge in [0.05, 0.1) is 12.0 Å². The molecule has 0 bridgehead atoms. The molecule has 0 amide bonds. The van der Waals surface area contributed by atoms with E-state index in [-0.39, 0.29) is 12.2 Å². The Bertz CT molecular complexity index is 616. The maximum atomic E-state index is 13.1. The lowest BCUT2D eigenvalue weighted by atomic mass is 9.93. The molecule has 3 heteroatoms. The van der Waals surface area contributed by atoms with E-state index in [0.29, 0.717) is 5.56 Å². The molecule has 2 aromatic carbocycles. The highest BCUT2D eigenvalue weighted by molar-refractivity contribution is 5.96. The summed E-state index contributed by atoms with van der Waals surface area (Å²) >= 11 is 0. The lowest BCUT2D eigenvalue weighted by Gasteiger charge is -2.08. The van der Waals surface area contributed by atoms with E-state index in [4.69, 9.17) is 5.26 Å². The third kappa shape index (κ3) is 3.26. The molecule has 1 unspecified atom stereocenters. The van der Waals surface area contributed by atoms with Crippen LogP contribution in [0.2, 0.25) is 0 Å². The Morgan fingerprint density at radius 2 is 1.89 bits per heavy atom. The summed E-state index contributed by atoms with van der Waals surface area (Å²) in [6.45, 7) is 0. The van der Waals surface area contributed by atoms with E-state index in [9.17, 15) is 9.18 Å². The van der Waals surface area contributed by atoms with Crippen LogP contribution < -0.4 is 0 Å². The zero-order valence-corrected chi connectivity index (χ0v) is 10.2. The largest absolute Gasteiger partial charge is 0.294 e. The van der Waals surface area contributed by atoms with Crippen molar-refractivity contribution >= 4 is 5.78 Å². The quantitative estimate of drug-likeness (QED) is 0.779. The molecule has 19 heavy (non-hydrogen) atoms. The van der Waals surface area contributed by atoms with Crippen molar-refractivity contribution in [1.82, 2.24) is 0 Å². The molecule has 0 aromatic heterocycles. The van der Waals surface area contributed by atoms with Crippen LogP contribution in [0.3, 0.4) is 0 Å². The van der Waals surface area contributed by atoms with Crippen molar-refractivity contribution in [3.63, 3.8) is 0 Å². The molecule has 0 fully saturated rings. The van der Waals surface area contributed by atoms with E-state index in [2.05, 4.69) is 6.07 Å². The minimum atomic E-state index is -0.503. The van der Waals surface area contributed by atoms with Gasteiger partial charge in [0.2, 0.25) is 0 Å². The van der Waals surface area contributed by atoms with Crippen molar-refractivity contribution in [2.75, 3.05) is 0 Å². The topological polar surface area (TPSA) is 40.9 Å². The van der Waals surface area contributed by atoms with Gasteiger partial charge < -0.3 is 0 Å². The third-order valence-electron chi connectivity index (χ3n) is 2.89. The molecular formula is C16H12FNO. The van der Waals surface area contributed by atoms with Crippen molar-refractivity contribution < 1.29 is 9.18 Å². The predicted octanol–water partition coefficient (Wildman–Crippen LogP) is 3.71. The lowest BCUT2D eigenvalue weighted by molar-refractivity contribution is 0.0978. The van der Waals surface area contributed by atoms with E-state index in [1.165, 1.54) is 18.2 Å². The van der Waals surface area contributed by atoms with Crippen molar-refractivity contribution in [1.29, 1.82) is 5.26 Å². The second kappa shape index (κ2) is 5.92. The number of hydrogen-bond donors (Lipinski definition) is 0. The summed E-state index contributed by atoms with van der Waals surface area (Å²) < 4.78 is 13.1. The maximum absolute atomic E-state index is 13.1. The average Bonchev–Trinajstić information content (AvgIpc) is 2.45. The normalized spacial score (nSPS) is 11.6. The molecule has 0 aliphatic carbocycles. The van der Waals surface area contributed by atoms with Crippen molar-refractivity contribution in [2.45, 2.75) is 12.3 Å². The lowest BCUT2D eigenvalue weighted by Crippen LogP contribution is -2.06. The van der Waals surface area contributed by atoms with Crippen LogP contribution in [0.25, 0.3) is 0 Å². The zero-order valence-electron chi connectivity index (χ0n) is 10.2. The molecule has 0 heterocycles. The zero-order chi connectivity index (χ0) is 13.7. The summed E-state index contributed by atoms with van der Waals surface area (Å²) in [5, 5.41) is 9.15. The number of Topliss-reactive ketones (excluding diaryl/α,β-unsaturated/α-hetero) is 1. The Morgan fingerprint density at radius 1 is 1.16 bits per heavy atom. The summed E-state index contributed by atoms with van der Waals surface area (Å²) in [5.41, 5.74) is 1.10. The van der Waals surface area contributed by atoms with Gasteiger partial charge in [-0.3, -0.25) is 4.79 Å². The van der Waals surface area contributed by atoms with E-state index in [0.717, 1.165) is 5.56 Å². The van der Waals surface area contributed by atoms with Crippen LogP contribution in [0.4, 0.5) is 4.39 Å². The van der Waals surface area contributed by atoms with Gasteiger partial charge in [0.25, 0.3) is 0 Å². The monoisotopic (exact) mass is 253 g/mol. The smallest absolute Gasteiger partial charge is 0.164 e. The SMILES string of the molecule is N#CC(CC(=O)c1cccc(F)c1)c1ccccc1. The first-order valence-corrected chi connectivity index (χ1v) is 5.94. The van der Waals surface area contributed by atoms with Crippen LogP contribution in [0, 0.1) is 17.1 Å². The molecule has 0 saturated carbocycles. The predicted molar refractivity (Wildman–Crippen MR) is 70.1 cm³/mol. The first kappa shape index (κ1) is 13.0. The molecule has 0 aliphatic rings. The van der Waals surface area contributed by atoms with Gasteiger partial charge in [0.15, 0.2) is 5.78 Å². The molecule has 0 spiro atoms. The molecule has 0 aliphatic heterocycles. The van der Waals surface area contributed by atoms with Crippen molar-refractivity contribution in [2.24, 2.45) is 0 Å². The number of nitriles is 1. The van der Waals surface area contributed by atoms with Crippen molar-refractivity contribution in [3.8, 4) is 6.07 Å². The first-order valence-electron chi connectivity index (χ1n) is 5.94. The number of benzene rings is 2. The van der Waals surface area contributed by atoms with Crippen molar-refractivity contribution in [3.05, 3.63) is 71.5 Å². The average molecular weight is 253 g/mol. The van der Waals surface area contributed by atoms with Gasteiger partial charge in [-0.25, -0.2) is 4.39 Å². The minimum absolute atomic E-state index is 0.0595. The maximum Gasteiger partial charge on any atom is 0.164 e. The molecule has 2 nitrogen and oxygen atoms in total. The highest BCUT2D eigenvalue weighted by Crippen LogP contribution is 2.21. The summed E-state index contributed by atoms with van der Waals surface area (Å²) in [4.78, 5) is 12.0. The van der Waals surface area contributed by atoms with E-state index in [1.54, 1.807) is 6.07 Å². The van der Waals surface area contributed by atoms with Gasteiger partial charge in [-0.05, 0) is 17.7 Å². The van der Waals surface area contributed by atoms with Gasteiger partial charge in [-0.15, -0.1) is 0 Å². The third-order valence-corrected chi connectivity index (χ3v) is 2.89. The molecule has 0 radical (unpaired) electrons.